The van der Waals surface area contributed by atoms with Crippen LogP contribution in [0.1, 0.15) is 40.5 Å². The van der Waals surface area contributed by atoms with Crippen LogP contribution in [0.5, 0.6) is 0 Å². The largest absolute Gasteiger partial charge is 0.495 e. The minimum Gasteiger partial charge on any atom is -0.359 e. The summed E-state index contributed by atoms with van der Waals surface area (Å²) in [5, 5.41) is 0. The van der Waals surface area contributed by atoms with Gasteiger partial charge in [0.2, 0.25) is 0 Å². The van der Waals surface area contributed by atoms with E-state index in [2.05, 4.69) is 4.79 Å². The Labute approximate surface area is 115 Å². The zero-order valence-electron chi connectivity index (χ0n) is 11.8. The van der Waals surface area contributed by atoms with Crippen molar-refractivity contribution in [1.82, 2.24) is 0 Å². The summed E-state index contributed by atoms with van der Waals surface area (Å²) in [7, 11) is -8.12. The lowest BCUT2D eigenvalue weighted by atomic mass is 10.2. The summed E-state index contributed by atoms with van der Waals surface area (Å²) in [4.78, 5) is 2.53. The molecule has 19 heavy (non-hydrogen) atoms. The molecule has 0 bridgehead atoms. The van der Waals surface area contributed by atoms with Crippen LogP contribution in [0, 0.1) is 11.8 Å². The van der Waals surface area contributed by atoms with Crippen LogP contribution in [0.3, 0.4) is 0 Å². The molecule has 112 valence electrons. The molecule has 6 nitrogen and oxygen atoms in total. The monoisotopic (exact) mass is 310 g/mol. The molecule has 0 aromatic carbocycles. The molecule has 0 saturated heterocycles. The van der Waals surface area contributed by atoms with E-state index in [9.17, 15) is 16.8 Å². The molecule has 0 spiro atoms. The number of rotatable bonds is 6. The number of nitrogens with zero attached hydrogens (tertiary/aromatic N) is 2. The molecule has 0 saturated carbocycles. The molecular formula is C11H22N2O4S2. The van der Waals surface area contributed by atoms with Crippen molar-refractivity contribution in [2.75, 3.05) is 11.5 Å². The molecule has 0 aliphatic rings. The normalized spacial score (nSPS) is 12.7. The summed E-state index contributed by atoms with van der Waals surface area (Å²) in [6.45, 7) is 7.33. The quantitative estimate of drug-likeness (QED) is 0.321. The van der Waals surface area contributed by atoms with E-state index in [1.165, 1.54) is 0 Å². The molecule has 0 rings (SSSR count). The second kappa shape index (κ2) is 7.17. The Morgan fingerprint density at radius 3 is 1.42 bits per heavy atom. The van der Waals surface area contributed by atoms with E-state index in [0.29, 0.717) is 12.8 Å². The predicted octanol–water partition coefficient (Wildman–Crippen LogP) is 1.49. The van der Waals surface area contributed by atoms with Gasteiger partial charge < -0.3 is 5.53 Å². The number of hydrogen-bond donors (Lipinski definition) is 0. The SMILES string of the molecule is CC(C)CCS(=O)(=O)C(=[N+]=[N-])S(=O)(=O)CCC(C)C. The third-order valence-corrected chi connectivity index (χ3v) is 6.84. The number of sulfone groups is 2. The first-order valence-electron chi connectivity index (χ1n) is 6.20. The van der Waals surface area contributed by atoms with Crippen molar-refractivity contribution in [2.24, 2.45) is 11.8 Å². The van der Waals surface area contributed by atoms with Crippen molar-refractivity contribution >= 4 is 24.1 Å². The Morgan fingerprint density at radius 2 is 1.21 bits per heavy atom. The summed E-state index contributed by atoms with van der Waals surface area (Å²) >= 11 is 0. The van der Waals surface area contributed by atoms with Gasteiger partial charge in [0.05, 0.1) is 11.5 Å². The Hall–Kier alpha value is -0.720. The molecule has 0 N–H and O–H groups in total. The van der Waals surface area contributed by atoms with Crippen molar-refractivity contribution in [3.63, 3.8) is 0 Å². The molecule has 0 fully saturated rings. The second-order valence-corrected chi connectivity index (χ2v) is 9.68. The summed E-state index contributed by atoms with van der Waals surface area (Å²) in [6, 6.07) is 0. The first-order valence-corrected chi connectivity index (χ1v) is 9.51. The fourth-order valence-electron chi connectivity index (χ4n) is 1.27. The maximum absolute atomic E-state index is 11.9. The molecule has 0 heterocycles. The summed E-state index contributed by atoms with van der Waals surface area (Å²) in [5.74, 6) is -0.420. The van der Waals surface area contributed by atoms with Crippen LogP contribution in [0.25, 0.3) is 5.53 Å². The van der Waals surface area contributed by atoms with Gasteiger partial charge in [0.1, 0.15) is 0 Å². The highest BCUT2D eigenvalue weighted by molar-refractivity contribution is 8.31. The van der Waals surface area contributed by atoms with Gasteiger partial charge in [-0.2, -0.15) is 0 Å². The third-order valence-electron chi connectivity index (χ3n) is 2.54. The molecule has 0 atom stereocenters. The van der Waals surface area contributed by atoms with Crippen LogP contribution >= 0.6 is 0 Å². The molecule has 0 aromatic heterocycles. The highest BCUT2D eigenvalue weighted by Crippen LogP contribution is 2.11. The predicted molar refractivity (Wildman–Crippen MR) is 75.1 cm³/mol. The summed E-state index contributed by atoms with van der Waals surface area (Å²) in [5.41, 5.74) is 8.76. The fourth-order valence-corrected chi connectivity index (χ4v) is 5.48. The Kier molecular flexibility index (Phi) is 6.89. The minimum absolute atomic E-state index is 0.119. The Balaban J connectivity index is 5.18. The Bertz CT molecular complexity index is 497. The van der Waals surface area contributed by atoms with E-state index >= 15 is 0 Å². The van der Waals surface area contributed by atoms with E-state index in [0.717, 1.165) is 0 Å². The van der Waals surface area contributed by atoms with E-state index < -0.39 is 24.1 Å². The molecule has 0 aliphatic carbocycles. The maximum Gasteiger partial charge on any atom is 0.495 e. The lowest BCUT2D eigenvalue weighted by Gasteiger charge is -2.05. The van der Waals surface area contributed by atoms with Gasteiger partial charge in [-0.1, -0.05) is 27.7 Å². The summed E-state index contributed by atoms with van der Waals surface area (Å²) < 4.78 is 46.5. The van der Waals surface area contributed by atoms with Crippen LogP contribution in [0.15, 0.2) is 0 Å². The van der Waals surface area contributed by atoms with Crippen molar-refractivity contribution in [1.29, 1.82) is 0 Å². The number of hydrogen-bond acceptors (Lipinski definition) is 4. The molecule has 0 amide bonds. The van der Waals surface area contributed by atoms with Crippen molar-refractivity contribution < 1.29 is 21.6 Å². The van der Waals surface area contributed by atoms with Crippen LogP contribution < -0.4 is 0 Å². The van der Waals surface area contributed by atoms with E-state index in [4.69, 9.17) is 5.53 Å². The van der Waals surface area contributed by atoms with Crippen LogP contribution in [-0.4, -0.2) is 37.5 Å². The van der Waals surface area contributed by atoms with E-state index in [1.807, 2.05) is 27.7 Å². The average molecular weight is 310 g/mol. The van der Waals surface area contributed by atoms with Gasteiger partial charge in [-0.05, 0) is 24.7 Å². The highest BCUT2D eigenvalue weighted by Gasteiger charge is 2.40. The van der Waals surface area contributed by atoms with Gasteiger partial charge in [-0.15, -0.1) is 4.79 Å². The van der Waals surface area contributed by atoms with Gasteiger partial charge in [0.15, 0.2) is 0 Å². The molecule has 0 unspecified atom stereocenters. The smallest absolute Gasteiger partial charge is 0.359 e. The molecule has 0 aliphatic heterocycles. The molecule has 0 radical (unpaired) electrons. The molecule has 8 heteroatoms. The van der Waals surface area contributed by atoms with Gasteiger partial charge in [-0.25, -0.2) is 16.8 Å². The standard InChI is InChI=1S/C11H22N2O4S2/c1-9(2)5-7-18(14,15)11(13-12)19(16,17)8-6-10(3)4/h9-10H,5-8H2,1-4H3. The van der Waals surface area contributed by atoms with Crippen molar-refractivity contribution in [3.05, 3.63) is 5.53 Å². The van der Waals surface area contributed by atoms with Crippen LogP contribution in [0.2, 0.25) is 0 Å². The van der Waals surface area contributed by atoms with Crippen LogP contribution in [-0.2, 0) is 19.7 Å². The van der Waals surface area contributed by atoms with Crippen LogP contribution in [0.4, 0.5) is 0 Å². The zero-order chi connectivity index (χ0) is 15.3. The molecular weight excluding hydrogens is 288 g/mol. The van der Waals surface area contributed by atoms with E-state index in [1.54, 1.807) is 0 Å². The maximum atomic E-state index is 11.9. The van der Waals surface area contributed by atoms with Gasteiger partial charge >= 0.3 is 4.38 Å². The first kappa shape index (κ1) is 18.3. The van der Waals surface area contributed by atoms with Gasteiger partial charge in [-0.3, -0.25) is 0 Å². The second-order valence-electron chi connectivity index (χ2n) is 5.37. The van der Waals surface area contributed by atoms with E-state index in [-0.39, 0.29) is 23.3 Å². The lowest BCUT2D eigenvalue weighted by Crippen LogP contribution is -2.30. The third kappa shape index (κ3) is 6.31. The Morgan fingerprint density at radius 1 is 0.895 bits per heavy atom. The minimum atomic E-state index is -4.06. The van der Waals surface area contributed by atoms with Crippen molar-refractivity contribution in [3.8, 4) is 0 Å². The lowest BCUT2D eigenvalue weighted by molar-refractivity contribution is 0.00380. The van der Waals surface area contributed by atoms with Crippen molar-refractivity contribution in [2.45, 2.75) is 40.5 Å². The summed E-state index contributed by atoms with van der Waals surface area (Å²) in [6.07, 6.45) is 0.641. The zero-order valence-corrected chi connectivity index (χ0v) is 13.5. The first-order chi connectivity index (χ1) is 8.53. The topological polar surface area (TPSA) is 105 Å². The van der Waals surface area contributed by atoms with Gasteiger partial charge in [0, 0.05) is 0 Å². The van der Waals surface area contributed by atoms with Gasteiger partial charge in [0.25, 0.3) is 19.7 Å². The fraction of sp³-hybridized carbons (Fsp3) is 0.909. The highest BCUT2D eigenvalue weighted by atomic mass is 32.3. The molecule has 0 aromatic rings. The average Bonchev–Trinajstić information content (AvgIpc) is 2.24.